The summed E-state index contributed by atoms with van der Waals surface area (Å²) in [5.41, 5.74) is 0.684. The molecule has 1 aliphatic heterocycles. The van der Waals surface area contributed by atoms with Gasteiger partial charge in [0.15, 0.2) is 0 Å². The molecule has 1 aromatic heterocycles. The summed E-state index contributed by atoms with van der Waals surface area (Å²) in [6, 6.07) is 5.84. The van der Waals surface area contributed by atoms with Crippen LogP contribution in [0.4, 0.5) is 0 Å². The van der Waals surface area contributed by atoms with E-state index in [-0.39, 0.29) is 22.4 Å². The molecule has 2 aromatic rings. The summed E-state index contributed by atoms with van der Waals surface area (Å²) in [7, 11) is -3.55. The van der Waals surface area contributed by atoms with Crippen molar-refractivity contribution >= 4 is 21.8 Å². The number of hydrogen-bond acceptors (Lipinski definition) is 6. The summed E-state index contributed by atoms with van der Waals surface area (Å²) in [5, 5.41) is 0. The zero-order valence-electron chi connectivity index (χ0n) is 15.4. The first-order chi connectivity index (χ1) is 13.4. The van der Waals surface area contributed by atoms with Gasteiger partial charge in [0.05, 0.1) is 11.1 Å². The lowest BCUT2D eigenvalue weighted by atomic mass is 10.2. The molecule has 1 aromatic carbocycles. The second-order valence-electron chi connectivity index (χ2n) is 6.20. The van der Waals surface area contributed by atoms with Crippen LogP contribution in [0.2, 0.25) is 0 Å². The topological polar surface area (TPSA) is 113 Å². The summed E-state index contributed by atoms with van der Waals surface area (Å²) in [6.45, 7) is 3.57. The number of hydrogen-bond donors (Lipinski definition) is 1. The lowest BCUT2D eigenvalue weighted by molar-refractivity contribution is 0.0532. The zero-order valence-corrected chi connectivity index (χ0v) is 16.2. The highest BCUT2D eigenvalue weighted by molar-refractivity contribution is 7.89. The minimum atomic E-state index is -3.55. The predicted molar refractivity (Wildman–Crippen MR) is 101 cm³/mol. The summed E-state index contributed by atoms with van der Waals surface area (Å²) in [5.74, 6) is -0.405. The summed E-state index contributed by atoms with van der Waals surface area (Å²) in [4.78, 5) is 36.4. The third-order valence-corrected chi connectivity index (χ3v) is 5.94. The maximum absolute atomic E-state index is 12.7. The number of benzene rings is 1. The van der Waals surface area contributed by atoms with Crippen LogP contribution in [-0.4, -0.2) is 72.7 Å². The monoisotopic (exact) mass is 403 g/mol. The Morgan fingerprint density at radius 3 is 2.14 bits per heavy atom. The molecule has 10 heteroatoms. The van der Waals surface area contributed by atoms with Gasteiger partial charge in [0.25, 0.3) is 11.8 Å². The molecule has 148 valence electrons. The van der Waals surface area contributed by atoms with Crippen LogP contribution in [-0.2, 0) is 10.0 Å². The van der Waals surface area contributed by atoms with Gasteiger partial charge in [-0.05, 0) is 24.3 Å². The third kappa shape index (κ3) is 4.34. The van der Waals surface area contributed by atoms with Gasteiger partial charge in [0.1, 0.15) is 5.69 Å². The van der Waals surface area contributed by atoms with Crippen LogP contribution in [0.15, 0.2) is 47.8 Å². The van der Waals surface area contributed by atoms with Crippen LogP contribution in [0.25, 0.3) is 0 Å². The Bertz CT molecular complexity index is 940. The Labute approximate surface area is 163 Å². The molecule has 2 heterocycles. The predicted octanol–water partition coefficient (Wildman–Crippen LogP) is 0.373. The maximum Gasteiger partial charge on any atom is 0.274 e. The molecule has 0 bridgehead atoms. The molecular formula is C18H21N5O4S. The molecule has 0 atom stereocenters. The van der Waals surface area contributed by atoms with Gasteiger partial charge in [0, 0.05) is 50.7 Å². The number of nitrogens with zero attached hydrogens (tertiary/aromatic N) is 4. The minimum Gasteiger partial charge on any atom is -0.335 e. The van der Waals surface area contributed by atoms with Crippen LogP contribution in [0, 0.1) is 0 Å². The van der Waals surface area contributed by atoms with Crippen LogP contribution in [0.1, 0.15) is 27.8 Å². The second kappa shape index (κ2) is 8.44. The van der Waals surface area contributed by atoms with Crippen molar-refractivity contribution in [2.45, 2.75) is 11.8 Å². The van der Waals surface area contributed by atoms with Crippen molar-refractivity contribution in [2.24, 2.45) is 0 Å². The molecule has 28 heavy (non-hydrogen) atoms. The van der Waals surface area contributed by atoms with Crippen LogP contribution in [0.3, 0.4) is 0 Å². The SMILES string of the molecule is CCNS(=O)(=O)c1ccc(C(=O)N2CCN(C(=O)c3cnccn3)CC2)cc1. The Morgan fingerprint density at radius 2 is 1.61 bits per heavy atom. The van der Waals surface area contributed by atoms with E-state index in [4.69, 9.17) is 0 Å². The largest absolute Gasteiger partial charge is 0.335 e. The fourth-order valence-electron chi connectivity index (χ4n) is 2.92. The molecular weight excluding hydrogens is 382 g/mol. The van der Waals surface area contributed by atoms with Crippen LogP contribution >= 0.6 is 0 Å². The first kappa shape index (κ1) is 19.9. The van der Waals surface area contributed by atoms with Crippen molar-refractivity contribution in [3.8, 4) is 0 Å². The van der Waals surface area contributed by atoms with Crippen molar-refractivity contribution in [1.82, 2.24) is 24.5 Å². The highest BCUT2D eigenvalue weighted by Gasteiger charge is 2.26. The molecule has 0 aliphatic carbocycles. The number of aromatic nitrogens is 2. The van der Waals surface area contributed by atoms with Gasteiger partial charge in [-0.15, -0.1) is 0 Å². The van der Waals surface area contributed by atoms with E-state index in [0.29, 0.717) is 38.3 Å². The number of carbonyl (C=O) groups excluding carboxylic acids is 2. The molecule has 3 rings (SSSR count). The molecule has 1 fully saturated rings. The Kier molecular flexibility index (Phi) is 6.00. The molecule has 1 saturated heterocycles. The van der Waals surface area contributed by atoms with E-state index >= 15 is 0 Å². The average molecular weight is 403 g/mol. The van der Waals surface area contributed by atoms with Crippen molar-refractivity contribution in [2.75, 3.05) is 32.7 Å². The first-order valence-electron chi connectivity index (χ1n) is 8.86. The lowest BCUT2D eigenvalue weighted by Gasteiger charge is -2.34. The van der Waals surface area contributed by atoms with E-state index in [1.165, 1.54) is 42.9 Å². The number of rotatable bonds is 5. The van der Waals surface area contributed by atoms with Crippen LogP contribution in [0.5, 0.6) is 0 Å². The molecule has 0 unspecified atom stereocenters. The van der Waals surface area contributed by atoms with Crippen molar-refractivity contribution < 1.29 is 18.0 Å². The van der Waals surface area contributed by atoms with Gasteiger partial charge in [-0.2, -0.15) is 0 Å². The van der Waals surface area contributed by atoms with E-state index in [1.54, 1.807) is 16.7 Å². The van der Waals surface area contributed by atoms with Crippen molar-refractivity contribution in [1.29, 1.82) is 0 Å². The lowest BCUT2D eigenvalue weighted by Crippen LogP contribution is -2.50. The van der Waals surface area contributed by atoms with Gasteiger partial charge in [0.2, 0.25) is 10.0 Å². The fourth-order valence-corrected chi connectivity index (χ4v) is 3.96. The number of nitrogens with one attached hydrogen (secondary N) is 1. The van der Waals surface area contributed by atoms with Gasteiger partial charge in [-0.1, -0.05) is 6.92 Å². The summed E-state index contributed by atoms with van der Waals surface area (Å²) in [6.07, 6.45) is 4.39. The van der Waals surface area contributed by atoms with E-state index in [1.807, 2.05) is 0 Å². The summed E-state index contributed by atoms with van der Waals surface area (Å²) < 4.78 is 26.4. The molecule has 1 N–H and O–H groups in total. The van der Waals surface area contributed by atoms with E-state index in [2.05, 4.69) is 14.7 Å². The number of sulfonamides is 1. The molecule has 1 aliphatic rings. The van der Waals surface area contributed by atoms with E-state index in [9.17, 15) is 18.0 Å². The van der Waals surface area contributed by atoms with Gasteiger partial charge in [-0.25, -0.2) is 18.1 Å². The highest BCUT2D eigenvalue weighted by Crippen LogP contribution is 2.14. The molecule has 0 saturated carbocycles. The van der Waals surface area contributed by atoms with E-state index < -0.39 is 10.0 Å². The van der Waals surface area contributed by atoms with Gasteiger partial charge < -0.3 is 9.80 Å². The smallest absolute Gasteiger partial charge is 0.274 e. The normalized spacial score (nSPS) is 14.8. The standard InChI is InChI=1S/C18H21N5O4S/c1-2-21-28(26,27)15-5-3-14(4-6-15)17(24)22-9-11-23(12-10-22)18(25)16-13-19-7-8-20-16/h3-8,13,21H,2,9-12H2,1H3. The number of carbonyl (C=O) groups is 2. The molecule has 0 spiro atoms. The third-order valence-electron chi connectivity index (χ3n) is 4.38. The molecule has 9 nitrogen and oxygen atoms in total. The zero-order chi connectivity index (χ0) is 20.1. The van der Waals surface area contributed by atoms with Crippen molar-refractivity contribution in [3.63, 3.8) is 0 Å². The Hall–Kier alpha value is -2.85. The highest BCUT2D eigenvalue weighted by atomic mass is 32.2. The summed E-state index contributed by atoms with van der Waals surface area (Å²) >= 11 is 0. The minimum absolute atomic E-state index is 0.116. The van der Waals surface area contributed by atoms with E-state index in [0.717, 1.165) is 0 Å². The average Bonchev–Trinajstić information content (AvgIpc) is 2.73. The molecule has 0 radical (unpaired) electrons. The van der Waals surface area contributed by atoms with Crippen molar-refractivity contribution in [3.05, 3.63) is 54.1 Å². The Morgan fingerprint density at radius 1 is 1.00 bits per heavy atom. The molecule has 2 amide bonds. The Balaban J connectivity index is 1.61. The fraction of sp³-hybridized carbons (Fsp3) is 0.333. The number of amides is 2. The second-order valence-corrected chi connectivity index (χ2v) is 7.97. The first-order valence-corrected chi connectivity index (χ1v) is 10.3. The van der Waals surface area contributed by atoms with Gasteiger partial charge in [-0.3, -0.25) is 14.6 Å². The van der Waals surface area contributed by atoms with Gasteiger partial charge >= 0.3 is 0 Å². The quantitative estimate of drug-likeness (QED) is 0.772. The number of piperazine rings is 1. The maximum atomic E-state index is 12.7. The van der Waals surface area contributed by atoms with Crippen LogP contribution < -0.4 is 4.72 Å².